The Labute approximate surface area is 188 Å². The number of halogens is 1. The molecule has 0 bridgehead atoms. The van der Waals surface area contributed by atoms with Crippen molar-refractivity contribution < 1.29 is 14.0 Å². The number of aryl methyl sites for hydroxylation is 1. The van der Waals surface area contributed by atoms with Gasteiger partial charge in [0.15, 0.2) is 5.01 Å². The minimum atomic E-state index is -0.499. The van der Waals surface area contributed by atoms with Crippen LogP contribution in [0.15, 0.2) is 48.5 Å². The zero-order chi connectivity index (χ0) is 22.2. The highest BCUT2D eigenvalue weighted by molar-refractivity contribution is 7.14. The Balaban J connectivity index is 1.36. The van der Waals surface area contributed by atoms with Crippen LogP contribution in [0, 0.1) is 12.7 Å². The molecule has 2 aromatic carbocycles. The number of aromatic nitrogens is 3. The van der Waals surface area contributed by atoms with Gasteiger partial charge in [-0.25, -0.2) is 4.39 Å². The zero-order valence-corrected chi connectivity index (χ0v) is 18.3. The third-order valence-corrected chi connectivity index (χ3v) is 7.04. The van der Waals surface area contributed by atoms with Crippen molar-refractivity contribution in [2.24, 2.45) is 0 Å². The van der Waals surface area contributed by atoms with Gasteiger partial charge in [-0.05, 0) is 38.0 Å². The average Bonchev–Trinajstić information content (AvgIpc) is 3.43. The minimum absolute atomic E-state index is 0.0254. The van der Waals surface area contributed by atoms with Crippen LogP contribution in [0.25, 0.3) is 21.5 Å². The Morgan fingerprint density at radius 3 is 2.75 bits per heavy atom. The van der Waals surface area contributed by atoms with Gasteiger partial charge in [0.05, 0.1) is 5.56 Å². The molecule has 0 aliphatic carbocycles. The third-order valence-electron chi connectivity index (χ3n) is 5.92. The number of aromatic amines is 1. The number of nitrogens with zero attached hydrogens (tertiary/aromatic N) is 3. The van der Waals surface area contributed by atoms with Gasteiger partial charge < -0.3 is 9.88 Å². The number of carbonyl (C=O) groups excluding carboxylic acids is 2. The number of carbonyl (C=O) groups is 2. The highest BCUT2D eigenvalue weighted by Gasteiger charge is 2.32. The number of H-pyrrole nitrogens is 1. The molecule has 162 valence electrons. The number of hydrogen-bond donors (Lipinski definition) is 1. The Bertz CT molecular complexity index is 1330. The van der Waals surface area contributed by atoms with Gasteiger partial charge >= 0.3 is 0 Å². The van der Waals surface area contributed by atoms with Gasteiger partial charge in [0, 0.05) is 41.2 Å². The van der Waals surface area contributed by atoms with Gasteiger partial charge in [-0.15, -0.1) is 10.2 Å². The molecule has 1 aliphatic rings. The second-order valence-corrected chi connectivity index (χ2v) is 9.02. The summed E-state index contributed by atoms with van der Waals surface area (Å²) in [6, 6.07) is 14.0. The number of piperidine rings is 1. The molecule has 1 atom stereocenters. The summed E-state index contributed by atoms with van der Waals surface area (Å²) in [6.07, 6.45) is 1.61. The normalized spacial score (nSPS) is 16.4. The number of para-hydroxylation sites is 1. The van der Waals surface area contributed by atoms with E-state index in [0.29, 0.717) is 34.9 Å². The van der Waals surface area contributed by atoms with Gasteiger partial charge in [-0.3, -0.25) is 9.59 Å². The molecule has 32 heavy (non-hydrogen) atoms. The quantitative estimate of drug-likeness (QED) is 0.362. The molecule has 6 nitrogen and oxygen atoms in total. The van der Waals surface area contributed by atoms with Crippen LogP contribution in [0.4, 0.5) is 4.39 Å². The molecule has 1 aliphatic heterocycles. The molecule has 8 heteroatoms. The monoisotopic (exact) mass is 448 g/mol. The molecule has 3 heterocycles. The summed E-state index contributed by atoms with van der Waals surface area (Å²) in [6.45, 7) is 2.74. The second kappa shape index (κ2) is 8.27. The molecular formula is C24H21FN4O2S. The summed E-state index contributed by atoms with van der Waals surface area (Å²) in [4.78, 5) is 31.0. The number of fused-ring (bicyclic) bond motifs is 1. The van der Waals surface area contributed by atoms with Crippen molar-refractivity contribution in [3.8, 4) is 10.6 Å². The van der Waals surface area contributed by atoms with Gasteiger partial charge in [-0.1, -0.05) is 41.7 Å². The van der Waals surface area contributed by atoms with Crippen molar-refractivity contribution >= 4 is 33.9 Å². The van der Waals surface area contributed by atoms with Crippen LogP contribution in [0.1, 0.15) is 39.8 Å². The number of hydrogen-bond acceptors (Lipinski definition) is 5. The highest BCUT2D eigenvalue weighted by Crippen LogP contribution is 2.34. The van der Waals surface area contributed by atoms with Gasteiger partial charge in [-0.2, -0.15) is 0 Å². The molecule has 5 rings (SSSR count). The predicted octanol–water partition coefficient (Wildman–Crippen LogP) is 4.72. The molecule has 2 aromatic heterocycles. The van der Waals surface area contributed by atoms with E-state index >= 15 is 0 Å². The first-order chi connectivity index (χ1) is 15.5. The van der Waals surface area contributed by atoms with Crippen molar-refractivity contribution in [1.82, 2.24) is 20.1 Å². The topological polar surface area (TPSA) is 79.0 Å². The van der Waals surface area contributed by atoms with Crippen molar-refractivity contribution in [3.63, 3.8) is 0 Å². The van der Waals surface area contributed by atoms with E-state index in [1.165, 1.54) is 17.4 Å². The number of Topliss-reactive ketones (excluding diaryl/α,β-unsaturated/α-hetero) is 1. The first-order valence-electron chi connectivity index (χ1n) is 10.5. The van der Waals surface area contributed by atoms with Gasteiger partial charge in [0.25, 0.3) is 11.7 Å². The van der Waals surface area contributed by atoms with Crippen LogP contribution < -0.4 is 0 Å². The lowest BCUT2D eigenvalue weighted by molar-refractivity contribution is -0.127. The number of nitrogens with one attached hydrogen (secondary N) is 1. The molecule has 0 spiro atoms. The Morgan fingerprint density at radius 2 is 1.91 bits per heavy atom. The molecule has 0 saturated carbocycles. The van der Waals surface area contributed by atoms with E-state index in [1.54, 1.807) is 23.1 Å². The Kier molecular flexibility index (Phi) is 5.30. The van der Waals surface area contributed by atoms with E-state index in [0.717, 1.165) is 28.8 Å². The predicted molar refractivity (Wildman–Crippen MR) is 121 cm³/mol. The molecular weight excluding hydrogens is 427 g/mol. The summed E-state index contributed by atoms with van der Waals surface area (Å²) in [5, 5.41) is 10.5. The maximum atomic E-state index is 14.1. The zero-order valence-electron chi connectivity index (χ0n) is 17.5. The van der Waals surface area contributed by atoms with Gasteiger partial charge in [0.1, 0.15) is 10.8 Å². The Morgan fingerprint density at radius 1 is 1.12 bits per heavy atom. The van der Waals surface area contributed by atoms with Crippen molar-refractivity contribution in [3.05, 3.63) is 70.6 Å². The highest BCUT2D eigenvalue weighted by atomic mass is 32.1. The first kappa shape index (κ1) is 20.5. The number of rotatable bonds is 4. The summed E-state index contributed by atoms with van der Waals surface area (Å²) >= 11 is 1.34. The molecule has 4 aromatic rings. The lowest BCUT2D eigenvalue weighted by Crippen LogP contribution is -2.42. The SMILES string of the molecule is Cc1[nH]c2ccccc2c1C(=O)C(=O)N1CCCC(c2nnc(-c3ccccc3F)s2)C1. The van der Waals surface area contributed by atoms with E-state index in [-0.39, 0.29) is 11.7 Å². The van der Waals surface area contributed by atoms with E-state index in [2.05, 4.69) is 15.2 Å². The molecule has 1 amide bonds. The maximum Gasteiger partial charge on any atom is 0.295 e. The van der Waals surface area contributed by atoms with Crippen LogP contribution in [0.3, 0.4) is 0 Å². The summed E-state index contributed by atoms with van der Waals surface area (Å²) in [5.74, 6) is -1.36. The average molecular weight is 449 g/mol. The van der Waals surface area contributed by atoms with E-state index in [1.807, 2.05) is 31.2 Å². The summed E-state index contributed by atoms with van der Waals surface area (Å²) < 4.78 is 14.1. The second-order valence-electron chi connectivity index (χ2n) is 8.02. The molecule has 1 N–H and O–H groups in total. The van der Waals surface area contributed by atoms with Crippen LogP contribution in [0.2, 0.25) is 0 Å². The van der Waals surface area contributed by atoms with Crippen LogP contribution >= 0.6 is 11.3 Å². The number of benzene rings is 2. The number of likely N-dealkylation sites (tertiary alicyclic amines) is 1. The summed E-state index contributed by atoms with van der Waals surface area (Å²) in [7, 11) is 0. The number of amides is 1. The summed E-state index contributed by atoms with van der Waals surface area (Å²) in [5.41, 5.74) is 2.39. The van der Waals surface area contributed by atoms with Crippen molar-refractivity contribution in [1.29, 1.82) is 0 Å². The molecule has 1 unspecified atom stereocenters. The standard InChI is InChI=1S/C24H21FN4O2S/c1-14-20(17-9-3-5-11-19(17)26-14)21(30)24(31)29-12-6-7-15(13-29)22-27-28-23(32-22)16-8-2-4-10-18(16)25/h2-5,8-11,15,26H,6-7,12-13H2,1H3. The van der Waals surface area contributed by atoms with Crippen molar-refractivity contribution in [2.45, 2.75) is 25.7 Å². The lowest BCUT2D eigenvalue weighted by Gasteiger charge is -2.31. The van der Waals surface area contributed by atoms with Crippen LogP contribution in [0.5, 0.6) is 0 Å². The van der Waals surface area contributed by atoms with Gasteiger partial charge in [0.2, 0.25) is 0 Å². The maximum absolute atomic E-state index is 14.1. The van der Waals surface area contributed by atoms with E-state index in [9.17, 15) is 14.0 Å². The minimum Gasteiger partial charge on any atom is -0.358 e. The molecule has 1 saturated heterocycles. The van der Waals surface area contributed by atoms with E-state index < -0.39 is 11.7 Å². The fourth-order valence-electron chi connectivity index (χ4n) is 4.33. The van der Waals surface area contributed by atoms with Crippen LogP contribution in [-0.4, -0.2) is 44.9 Å². The smallest absolute Gasteiger partial charge is 0.295 e. The van der Waals surface area contributed by atoms with Crippen molar-refractivity contribution in [2.75, 3.05) is 13.1 Å². The molecule has 1 fully saturated rings. The molecule has 0 radical (unpaired) electrons. The largest absolute Gasteiger partial charge is 0.358 e. The fraction of sp³-hybridized carbons (Fsp3) is 0.250. The first-order valence-corrected chi connectivity index (χ1v) is 11.3. The Hall–Kier alpha value is -3.39. The number of ketones is 1. The van der Waals surface area contributed by atoms with E-state index in [4.69, 9.17) is 0 Å². The van der Waals surface area contributed by atoms with Crippen LogP contribution in [-0.2, 0) is 4.79 Å². The lowest BCUT2D eigenvalue weighted by atomic mass is 9.97. The third kappa shape index (κ3) is 3.60. The fourth-order valence-corrected chi connectivity index (χ4v) is 5.32.